The lowest BCUT2D eigenvalue weighted by molar-refractivity contribution is 0.306. The molecule has 1 N–H and O–H groups in total. The molecule has 1 atom stereocenters. The van der Waals surface area contributed by atoms with Gasteiger partial charge in [0, 0.05) is 10.5 Å². The van der Waals surface area contributed by atoms with E-state index in [9.17, 15) is 0 Å². The van der Waals surface area contributed by atoms with E-state index in [0.29, 0.717) is 6.04 Å². The molecule has 0 aliphatic rings. The van der Waals surface area contributed by atoms with E-state index in [4.69, 9.17) is 4.74 Å². The Labute approximate surface area is 126 Å². The normalized spacial score (nSPS) is 12.4. The molecule has 1 aromatic rings. The van der Waals surface area contributed by atoms with Crippen LogP contribution in [0.1, 0.15) is 58.1 Å². The van der Waals surface area contributed by atoms with Crippen LogP contribution in [-0.4, -0.2) is 13.2 Å². The summed E-state index contributed by atoms with van der Waals surface area (Å²) in [6, 6.07) is 6.65. The Kier molecular flexibility index (Phi) is 8.15. The highest BCUT2D eigenvalue weighted by Crippen LogP contribution is 2.27. The van der Waals surface area contributed by atoms with E-state index in [1.165, 1.54) is 18.4 Å². The van der Waals surface area contributed by atoms with Crippen molar-refractivity contribution in [2.75, 3.05) is 13.2 Å². The fourth-order valence-electron chi connectivity index (χ4n) is 1.96. The number of hydrogen-bond donors (Lipinski definition) is 1. The van der Waals surface area contributed by atoms with Gasteiger partial charge in [0.05, 0.1) is 6.61 Å². The maximum absolute atomic E-state index is 5.75. The van der Waals surface area contributed by atoms with Gasteiger partial charge in [-0.25, -0.2) is 0 Å². The standard InChI is InChI=1S/C16H26BrNO/c1-4-6-7-11-19-14-8-9-15(16(17)12-14)13(3)18-10-5-2/h8-9,12-13,18H,4-7,10-11H2,1-3H3. The Hall–Kier alpha value is -0.540. The molecule has 0 radical (unpaired) electrons. The van der Waals surface area contributed by atoms with Crippen LogP contribution in [0.3, 0.4) is 0 Å². The number of hydrogen-bond acceptors (Lipinski definition) is 2. The summed E-state index contributed by atoms with van der Waals surface area (Å²) in [7, 11) is 0. The molecule has 0 amide bonds. The fraction of sp³-hybridized carbons (Fsp3) is 0.625. The smallest absolute Gasteiger partial charge is 0.120 e. The van der Waals surface area contributed by atoms with Crippen molar-refractivity contribution in [3.05, 3.63) is 28.2 Å². The van der Waals surface area contributed by atoms with E-state index in [-0.39, 0.29) is 0 Å². The third-order valence-corrected chi connectivity index (χ3v) is 3.84. The maximum atomic E-state index is 5.75. The molecule has 0 saturated heterocycles. The summed E-state index contributed by atoms with van der Waals surface area (Å²) in [5.74, 6) is 0.953. The van der Waals surface area contributed by atoms with Crippen molar-refractivity contribution < 1.29 is 4.74 Å². The fourth-order valence-corrected chi connectivity index (χ4v) is 2.66. The monoisotopic (exact) mass is 327 g/mol. The first-order valence-electron chi connectivity index (χ1n) is 7.34. The lowest BCUT2D eigenvalue weighted by Crippen LogP contribution is -2.19. The van der Waals surface area contributed by atoms with E-state index in [1.807, 2.05) is 0 Å². The van der Waals surface area contributed by atoms with Gasteiger partial charge in [0.25, 0.3) is 0 Å². The van der Waals surface area contributed by atoms with Crippen LogP contribution in [0.25, 0.3) is 0 Å². The number of halogens is 1. The molecule has 1 rings (SSSR count). The molecule has 3 heteroatoms. The average Bonchev–Trinajstić information content (AvgIpc) is 2.41. The number of unbranched alkanes of at least 4 members (excludes halogenated alkanes) is 2. The summed E-state index contributed by atoms with van der Waals surface area (Å²) >= 11 is 3.64. The zero-order valence-electron chi connectivity index (χ0n) is 12.3. The van der Waals surface area contributed by atoms with Crippen LogP contribution in [0.15, 0.2) is 22.7 Å². The quantitative estimate of drug-likeness (QED) is 0.638. The summed E-state index contributed by atoms with van der Waals surface area (Å²) < 4.78 is 6.88. The van der Waals surface area contributed by atoms with Crippen molar-refractivity contribution in [1.82, 2.24) is 5.32 Å². The number of benzene rings is 1. The summed E-state index contributed by atoms with van der Waals surface area (Å²) in [6.07, 6.45) is 4.74. The van der Waals surface area contributed by atoms with E-state index in [1.54, 1.807) is 0 Å². The van der Waals surface area contributed by atoms with Gasteiger partial charge in [-0.2, -0.15) is 0 Å². The highest BCUT2D eigenvalue weighted by Gasteiger charge is 2.09. The third-order valence-electron chi connectivity index (χ3n) is 3.16. The summed E-state index contributed by atoms with van der Waals surface area (Å²) in [6.45, 7) is 8.43. The highest BCUT2D eigenvalue weighted by atomic mass is 79.9. The molecule has 0 aliphatic heterocycles. The van der Waals surface area contributed by atoms with Crippen LogP contribution in [0.2, 0.25) is 0 Å². The van der Waals surface area contributed by atoms with E-state index in [0.717, 1.165) is 36.2 Å². The SMILES string of the molecule is CCCCCOc1ccc(C(C)NCCC)c(Br)c1. The Morgan fingerprint density at radius 3 is 2.63 bits per heavy atom. The zero-order valence-corrected chi connectivity index (χ0v) is 13.9. The van der Waals surface area contributed by atoms with Gasteiger partial charge in [-0.3, -0.25) is 0 Å². The number of ether oxygens (including phenoxy) is 1. The molecule has 108 valence electrons. The number of nitrogens with one attached hydrogen (secondary N) is 1. The first-order valence-corrected chi connectivity index (χ1v) is 8.14. The minimum absolute atomic E-state index is 0.364. The van der Waals surface area contributed by atoms with Crippen molar-refractivity contribution in [3.63, 3.8) is 0 Å². The summed E-state index contributed by atoms with van der Waals surface area (Å²) in [5.41, 5.74) is 1.29. The van der Waals surface area contributed by atoms with Gasteiger partial charge in [0.2, 0.25) is 0 Å². The molecule has 0 fully saturated rings. The molecule has 1 aromatic carbocycles. The van der Waals surface area contributed by atoms with Gasteiger partial charge >= 0.3 is 0 Å². The van der Waals surface area contributed by atoms with E-state index in [2.05, 4.69) is 60.2 Å². The summed E-state index contributed by atoms with van der Waals surface area (Å²) in [4.78, 5) is 0. The van der Waals surface area contributed by atoms with Crippen molar-refractivity contribution in [1.29, 1.82) is 0 Å². The van der Waals surface area contributed by atoms with Gasteiger partial charge in [0.15, 0.2) is 0 Å². The van der Waals surface area contributed by atoms with E-state index >= 15 is 0 Å². The lowest BCUT2D eigenvalue weighted by Gasteiger charge is -2.16. The van der Waals surface area contributed by atoms with Crippen molar-refractivity contribution >= 4 is 15.9 Å². The molecule has 0 aromatic heterocycles. The molecular weight excluding hydrogens is 302 g/mol. The van der Waals surface area contributed by atoms with Gasteiger partial charge in [0.1, 0.15) is 5.75 Å². The Morgan fingerprint density at radius 1 is 1.21 bits per heavy atom. The van der Waals surface area contributed by atoms with Gasteiger partial charge < -0.3 is 10.1 Å². The Bertz CT molecular complexity index is 368. The molecular formula is C16H26BrNO. The molecule has 1 unspecified atom stereocenters. The Balaban J connectivity index is 2.53. The lowest BCUT2D eigenvalue weighted by atomic mass is 10.1. The molecule has 0 spiro atoms. The minimum Gasteiger partial charge on any atom is -0.494 e. The first-order chi connectivity index (χ1) is 9.19. The van der Waals surface area contributed by atoms with E-state index < -0.39 is 0 Å². The van der Waals surface area contributed by atoms with Crippen molar-refractivity contribution in [2.45, 2.75) is 52.5 Å². The summed E-state index contributed by atoms with van der Waals surface area (Å²) in [5, 5.41) is 3.50. The molecule has 0 aliphatic carbocycles. The second-order valence-electron chi connectivity index (χ2n) is 4.91. The molecule has 0 heterocycles. The zero-order chi connectivity index (χ0) is 14.1. The largest absolute Gasteiger partial charge is 0.494 e. The molecule has 0 bridgehead atoms. The van der Waals surface area contributed by atoms with Crippen LogP contribution in [0.4, 0.5) is 0 Å². The van der Waals surface area contributed by atoms with Crippen LogP contribution >= 0.6 is 15.9 Å². The van der Waals surface area contributed by atoms with Gasteiger partial charge in [-0.1, -0.05) is 48.7 Å². The second kappa shape index (κ2) is 9.38. The maximum Gasteiger partial charge on any atom is 0.120 e. The predicted octanol–water partition coefficient (Wildman–Crippen LogP) is 5.08. The second-order valence-corrected chi connectivity index (χ2v) is 5.77. The molecule has 19 heavy (non-hydrogen) atoms. The van der Waals surface area contributed by atoms with Gasteiger partial charge in [-0.15, -0.1) is 0 Å². The third kappa shape index (κ3) is 5.96. The minimum atomic E-state index is 0.364. The Morgan fingerprint density at radius 2 is 2.00 bits per heavy atom. The van der Waals surface area contributed by atoms with Crippen molar-refractivity contribution in [2.24, 2.45) is 0 Å². The van der Waals surface area contributed by atoms with Crippen LogP contribution in [-0.2, 0) is 0 Å². The van der Waals surface area contributed by atoms with Crippen LogP contribution < -0.4 is 10.1 Å². The van der Waals surface area contributed by atoms with Crippen molar-refractivity contribution in [3.8, 4) is 5.75 Å². The number of rotatable bonds is 9. The molecule has 0 saturated carbocycles. The highest BCUT2D eigenvalue weighted by molar-refractivity contribution is 9.10. The van der Waals surface area contributed by atoms with Crippen LogP contribution in [0.5, 0.6) is 5.75 Å². The predicted molar refractivity (Wildman–Crippen MR) is 85.9 cm³/mol. The van der Waals surface area contributed by atoms with Crippen LogP contribution in [0, 0.1) is 0 Å². The average molecular weight is 328 g/mol. The first kappa shape index (κ1) is 16.5. The van der Waals surface area contributed by atoms with Gasteiger partial charge in [-0.05, 0) is 44.0 Å². The topological polar surface area (TPSA) is 21.3 Å². The molecule has 2 nitrogen and oxygen atoms in total.